The number of hydrazine groups is 1. The van der Waals surface area contributed by atoms with E-state index in [1.54, 1.807) is 33.3 Å². The standard InChI is InChI=1S/C37H36FN5O4/c1-24(2)43(37(46)39-20-25-10-13-30(38)14-11-25)41-23-35(44)42-32(19-26-12-15-33-28(18-26)16-17-47-33)36(45)40(22-34(41)42)21-29-8-5-7-27-6-3-4-9-31(27)29/h3-18,24,32,34H,19-23H2,1-2H3,(H,39,46)/t32-,34+/m0/s1. The van der Waals surface area contributed by atoms with Crippen molar-refractivity contribution in [1.82, 2.24) is 25.1 Å². The molecule has 9 nitrogen and oxygen atoms in total. The molecule has 4 amide bonds. The molecule has 4 aromatic carbocycles. The maximum absolute atomic E-state index is 14.4. The van der Waals surface area contributed by atoms with E-state index in [2.05, 4.69) is 23.5 Å². The molecule has 2 fully saturated rings. The molecule has 0 bridgehead atoms. The SMILES string of the molecule is CC(C)N(C(=O)NCc1ccc(F)cc1)N1CC(=O)N2[C@@H](Cc3ccc4occc4c3)C(=O)N(Cc3cccc4ccccc34)C[C@@H]21. The minimum Gasteiger partial charge on any atom is -0.464 e. The molecule has 0 aliphatic carbocycles. The fraction of sp³-hybridized carbons (Fsp3) is 0.270. The number of nitrogens with zero attached hydrogens (tertiary/aromatic N) is 4. The molecular weight excluding hydrogens is 597 g/mol. The fourth-order valence-electron chi connectivity index (χ4n) is 6.87. The van der Waals surface area contributed by atoms with Crippen LogP contribution < -0.4 is 5.32 Å². The van der Waals surface area contributed by atoms with Gasteiger partial charge in [-0.25, -0.2) is 9.18 Å². The molecule has 0 saturated carbocycles. The molecule has 2 aliphatic heterocycles. The van der Waals surface area contributed by atoms with Gasteiger partial charge in [0.25, 0.3) is 0 Å². The lowest BCUT2D eigenvalue weighted by molar-refractivity contribution is -0.158. The first-order valence-electron chi connectivity index (χ1n) is 15.9. The third-order valence-electron chi connectivity index (χ3n) is 9.08. The van der Waals surface area contributed by atoms with Crippen molar-refractivity contribution in [2.45, 2.75) is 51.6 Å². The molecule has 1 N–H and O–H groups in total. The summed E-state index contributed by atoms with van der Waals surface area (Å²) in [5.74, 6) is -0.688. The van der Waals surface area contributed by atoms with Crippen LogP contribution in [0.2, 0.25) is 0 Å². The van der Waals surface area contributed by atoms with Gasteiger partial charge in [-0.15, -0.1) is 0 Å². The zero-order valence-corrected chi connectivity index (χ0v) is 26.3. The van der Waals surface area contributed by atoms with Crippen molar-refractivity contribution >= 4 is 39.6 Å². The number of benzene rings is 4. The van der Waals surface area contributed by atoms with Crippen molar-refractivity contribution in [3.8, 4) is 0 Å². The quantitative estimate of drug-likeness (QED) is 0.238. The molecule has 240 valence electrons. The predicted octanol–water partition coefficient (Wildman–Crippen LogP) is 5.68. The Balaban J connectivity index is 1.21. The van der Waals surface area contributed by atoms with Gasteiger partial charge in [-0.3, -0.25) is 14.6 Å². The molecule has 0 radical (unpaired) electrons. The average molecular weight is 634 g/mol. The topological polar surface area (TPSA) is 89.3 Å². The molecule has 0 spiro atoms. The highest BCUT2D eigenvalue weighted by atomic mass is 19.1. The number of rotatable bonds is 8. The number of urea groups is 1. The molecule has 1 aromatic heterocycles. The molecule has 47 heavy (non-hydrogen) atoms. The van der Waals surface area contributed by atoms with E-state index in [1.165, 1.54) is 12.1 Å². The number of carbonyl (C=O) groups is 3. The number of amides is 4. The molecule has 0 unspecified atom stereocenters. The summed E-state index contributed by atoms with van der Waals surface area (Å²) >= 11 is 0. The lowest BCUT2D eigenvalue weighted by atomic mass is 9.98. The zero-order valence-electron chi connectivity index (χ0n) is 26.3. The number of fused-ring (bicyclic) bond motifs is 3. The van der Waals surface area contributed by atoms with Crippen LogP contribution in [0.15, 0.2) is 102 Å². The summed E-state index contributed by atoms with van der Waals surface area (Å²) in [4.78, 5) is 45.4. The van der Waals surface area contributed by atoms with Crippen LogP contribution in [0.1, 0.15) is 30.5 Å². The second-order valence-corrected chi connectivity index (χ2v) is 12.5. The fourth-order valence-corrected chi connectivity index (χ4v) is 6.87. The average Bonchev–Trinajstić information content (AvgIpc) is 3.66. The third kappa shape index (κ3) is 5.92. The minimum atomic E-state index is -0.762. The van der Waals surface area contributed by atoms with E-state index >= 15 is 0 Å². The van der Waals surface area contributed by atoms with E-state index in [1.807, 2.05) is 67.3 Å². The molecule has 2 atom stereocenters. The minimum absolute atomic E-state index is 0.0422. The van der Waals surface area contributed by atoms with Crippen molar-refractivity contribution in [3.63, 3.8) is 0 Å². The van der Waals surface area contributed by atoms with Gasteiger partial charge >= 0.3 is 6.03 Å². The molecular formula is C37H36FN5O4. The highest BCUT2D eigenvalue weighted by Gasteiger charge is 2.52. The Hall–Kier alpha value is -5.22. The molecule has 2 saturated heterocycles. The van der Waals surface area contributed by atoms with E-state index in [4.69, 9.17) is 4.42 Å². The van der Waals surface area contributed by atoms with Crippen molar-refractivity contribution in [3.05, 3.63) is 120 Å². The van der Waals surface area contributed by atoms with E-state index in [-0.39, 0.29) is 49.3 Å². The van der Waals surface area contributed by atoms with Gasteiger partial charge in [-0.1, -0.05) is 60.7 Å². The van der Waals surface area contributed by atoms with Crippen LogP contribution in [0.4, 0.5) is 9.18 Å². The third-order valence-corrected chi connectivity index (χ3v) is 9.08. The molecule has 2 aliphatic rings. The lowest BCUT2D eigenvalue weighted by Gasteiger charge is -2.47. The number of hydrogen-bond acceptors (Lipinski definition) is 5. The Labute approximate surface area is 272 Å². The van der Waals surface area contributed by atoms with E-state index < -0.39 is 12.2 Å². The highest BCUT2D eigenvalue weighted by Crippen LogP contribution is 2.32. The number of hydrogen-bond donors (Lipinski definition) is 1. The van der Waals surface area contributed by atoms with Gasteiger partial charge in [-0.05, 0) is 71.6 Å². The number of nitrogens with one attached hydrogen (secondary N) is 1. The Morgan fingerprint density at radius 3 is 2.53 bits per heavy atom. The first-order chi connectivity index (χ1) is 22.8. The largest absolute Gasteiger partial charge is 0.464 e. The predicted molar refractivity (Wildman–Crippen MR) is 176 cm³/mol. The summed E-state index contributed by atoms with van der Waals surface area (Å²) in [7, 11) is 0. The maximum atomic E-state index is 14.4. The number of carbonyl (C=O) groups excluding carboxylic acids is 3. The van der Waals surface area contributed by atoms with Gasteiger partial charge in [0, 0.05) is 30.9 Å². The molecule has 7 rings (SSSR count). The van der Waals surface area contributed by atoms with Gasteiger partial charge in [0.15, 0.2) is 0 Å². The Morgan fingerprint density at radius 1 is 0.957 bits per heavy atom. The number of halogens is 1. The summed E-state index contributed by atoms with van der Waals surface area (Å²) in [6.07, 6.45) is 1.39. The van der Waals surface area contributed by atoms with Crippen LogP contribution in [-0.4, -0.2) is 69.0 Å². The van der Waals surface area contributed by atoms with Crippen molar-refractivity contribution in [2.24, 2.45) is 0 Å². The summed E-state index contributed by atoms with van der Waals surface area (Å²) in [5, 5.41) is 9.38. The van der Waals surface area contributed by atoms with Crippen LogP contribution in [-0.2, 0) is 29.1 Å². The maximum Gasteiger partial charge on any atom is 0.332 e. The summed E-state index contributed by atoms with van der Waals surface area (Å²) in [6.45, 7) is 4.54. The normalized spacial score (nSPS) is 18.4. The summed E-state index contributed by atoms with van der Waals surface area (Å²) < 4.78 is 19.0. The number of furan rings is 1. The zero-order chi connectivity index (χ0) is 32.7. The van der Waals surface area contributed by atoms with Crippen molar-refractivity contribution in [2.75, 3.05) is 13.1 Å². The van der Waals surface area contributed by atoms with Gasteiger partial charge in [0.1, 0.15) is 23.6 Å². The second-order valence-electron chi connectivity index (χ2n) is 12.5. The van der Waals surface area contributed by atoms with Crippen LogP contribution in [0.3, 0.4) is 0 Å². The smallest absolute Gasteiger partial charge is 0.332 e. The van der Waals surface area contributed by atoms with Gasteiger partial charge in [0.05, 0.1) is 19.4 Å². The lowest BCUT2D eigenvalue weighted by Crippen LogP contribution is -2.66. The van der Waals surface area contributed by atoms with Crippen LogP contribution in [0, 0.1) is 5.82 Å². The molecule has 5 aromatic rings. The molecule has 10 heteroatoms. The van der Waals surface area contributed by atoms with Crippen LogP contribution >= 0.6 is 0 Å². The van der Waals surface area contributed by atoms with Crippen LogP contribution in [0.5, 0.6) is 0 Å². The van der Waals surface area contributed by atoms with Crippen LogP contribution in [0.25, 0.3) is 21.7 Å². The van der Waals surface area contributed by atoms with Gasteiger partial charge < -0.3 is 19.5 Å². The number of piperazine rings is 1. The van der Waals surface area contributed by atoms with E-state index in [0.717, 1.165) is 38.4 Å². The van der Waals surface area contributed by atoms with E-state index in [9.17, 15) is 18.8 Å². The molecule has 3 heterocycles. The monoisotopic (exact) mass is 633 g/mol. The second kappa shape index (κ2) is 12.5. The Kier molecular flexibility index (Phi) is 8.11. The summed E-state index contributed by atoms with van der Waals surface area (Å²) in [5.41, 5.74) is 3.42. The van der Waals surface area contributed by atoms with Crippen molar-refractivity contribution < 1.29 is 23.2 Å². The van der Waals surface area contributed by atoms with E-state index in [0.29, 0.717) is 13.0 Å². The van der Waals surface area contributed by atoms with Gasteiger partial charge in [-0.2, -0.15) is 5.01 Å². The van der Waals surface area contributed by atoms with Crippen molar-refractivity contribution in [1.29, 1.82) is 0 Å². The first kappa shape index (κ1) is 30.4. The highest BCUT2D eigenvalue weighted by molar-refractivity contribution is 5.92. The Morgan fingerprint density at radius 2 is 1.72 bits per heavy atom. The first-order valence-corrected chi connectivity index (χ1v) is 15.9. The summed E-state index contributed by atoms with van der Waals surface area (Å²) in [6, 6.07) is 26.4. The Bertz CT molecular complexity index is 1950. The van der Waals surface area contributed by atoms with Gasteiger partial charge in [0.2, 0.25) is 11.8 Å².